The molecule has 1 amide bonds. The number of carbonyl (C=O) groups is 1. The van der Waals surface area contributed by atoms with E-state index in [9.17, 15) is 14.4 Å². The van der Waals surface area contributed by atoms with Crippen molar-refractivity contribution in [2.45, 2.75) is 12.8 Å². The van der Waals surface area contributed by atoms with Crippen LogP contribution < -0.4 is 21.5 Å². The molecule has 1 aliphatic heterocycles. The van der Waals surface area contributed by atoms with Gasteiger partial charge in [0.2, 0.25) is 5.91 Å². The highest BCUT2D eigenvalue weighted by atomic mass is 16.2. The van der Waals surface area contributed by atoms with E-state index in [1.807, 2.05) is 6.07 Å². The van der Waals surface area contributed by atoms with E-state index >= 15 is 0 Å². The van der Waals surface area contributed by atoms with Crippen LogP contribution in [0.25, 0.3) is 5.82 Å². The number of hydrogen-bond acceptors (Lipinski definition) is 8. The first-order valence-corrected chi connectivity index (χ1v) is 9.44. The number of aromatic nitrogens is 7. The average molecular weight is 411 g/mol. The van der Waals surface area contributed by atoms with Crippen LogP contribution in [0.15, 0.2) is 40.7 Å². The van der Waals surface area contributed by atoms with Gasteiger partial charge < -0.3 is 10.2 Å². The van der Waals surface area contributed by atoms with Gasteiger partial charge in [0, 0.05) is 45.2 Å². The smallest absolute Gasteiger partial charge is 0.332 e. The van der Waals surface area contributed by atoms with Crippen molar-refractivity contribution >= 4 is 17.5 Å². The van der Waals surface area contributed by atoms with Crippen molar-refractivity contribution in [3.63, 3.8) is 0 Å². The van der Waals surface area contributed by atoms with E-state index < -0.39 is 11.2 Å². The molecule has 0 aliphatic carbocycles. The molecule has 12 nitrogen and oxygen atoms in total. The Labute approximate surface area is 170 Å². The summed E-state index contributed by atoms with van der Waals surface area (Å²) in [4.78, 5) is 51.1. The average Bonchev–Trinajstić information content (AvgIpc) is 3.31. The first-order valence-electron chi connectivity index (χ1n) is 9.44. The number of hydrogen-bond donors (Lipinski definition) is 1. The molecule has 1 N–H and O–H groups in total. The Kier molecular flexibility index (Phi) is 5.12. The van der Waals surface area contributed by atoms with Crippen LogP contribution in [0, 0.1) is 5.92 Å². The molecule has 1 aliphatic rings. The third-order valence-corrected chi connectivity index (χ3v) is 5.26. The summed E-state index contributed by atoms with van der Waals surface area (Å²) in [5, 5.41) is 6.79. The molecule has 0 saturated carbocycles. The molecule has 0 unspecified atom stereocenters. The van der Waals surface area contributed by atoms with Crippen molar-refractivity contribution in [2.24, 2.45) is 20.0 Å². The highest BCUT2D eigenvalue weighted by molar-refractivity contribution is 5.91. The zero-order valence-electron chi connectivity index (χ0n) is 16.6. The topological polar surface area (TPSA) is 133 Å². The van der Waals surface area contributed by atoms with Gasteiger partial charge in [-0.3, -0.25) is 18.7 Å². The highest BCUT2D eigenvalue weighted by Gasteiger charge is 2.26. The second kappa shape index (κ2) is 7.89. The number of nitrogens with one attached hydrogen (secondary N) is 1. The Morgan fingerprint density at radius 2 is 1.77 bits per heavy atom. The molecule has 3 aromatic rings. The van der Waals surface area contributed by atoms with Gasteiger partial charge in [0.15, 0.2) is 5.82 Å². The van der Waals surface area contributed by atoms with Crippen molar-refractivity contribution in [3.8, 4) is 5.82 Å². The molecule has 30 heavy (non-hydrogen) atoms. The minimum Gasteiger partial charge on any atom is -0.356 e. The van der Waals surface area contributed by atoms with Gasteiger partial charge in [-0.25, -0.2) is 24.4 Å². The van der Waals surface area contributed by atoms with Crippen LogP contribution in [0.4, 0.5) is 11.6 Å². The summed E-state index contributed by atoms with van der Waals surface area (Å²) >= 11 is 0. The van der Waals surface area contributed by atoms with Crippen molar-refractivity contribution in [1.82, 2.24) is 33.9 Å². The molecule has 4 heterocycles. The molecule has 1 saturated heterocycles. The van der Waals surface area contributed by atoms with Crippen molar-refractivity contribution in [3.05, 3.63) is 52.0 Å². The lowest BCUT2D eigenvalue weighted by Gasteiger charge is -2.32. The van der Waals surface area contributed by atoms with E-state index in [1.54, 1.807) is 11.0 Å². The van der Waals surface area contributed by atoms with E-state index in [-0.39, 0.29) is 17.6 Å². The predicted octanol–water partition coefficient (Wildman–Crippen LogP) is -0.690. The Morgan fingerprint density at radius 1 is 1.03 bits per heavy atom. The van der Waals surface area contributed by atoms with Crippen molar-refractivity contribution in [2.75, 3.05) is 23.3 Å². The first-order chi connectivity index (χ1) is 14.4. The standard InChI is InChI=1S/C18H21N9O3/c1-24-15(8-16(28)25(2)18(24)30)23-17(29)12-3-5-26(6-4-12)13-7-14(21-10-20-13)27-11-19-9-22-27/h7-12H,3-6H2,1-2H3,(H,23,29). The zero-order chi connectivity index (χ0) is 21.3. The normalized spacial score (nSPS) is 14.7. The molecule has 0 spiro atoms. The molecule has 0 radical (unpaired) electrons. The molecule has 12 heteroatoms. The van der Waals surface area contributed by atoms with Crippen molar-refractivity contribution < 1.29 is 4.79 Å². The molecule has 0 aromatic carbocycles. The maximum Gasteiger partial charge on any atom is 0.332 e. The summed E-state index contributed by atoms with van der Waals surface area (Å²) in [5.74, 6) is 1.14. The summed E-state index contributed by atoms with van der Waals surface area (Å²) < 4.78 is 3.80. The quantitative estimate of drug-likeness (QED) is 0.596. The summed E-state index contributed by atoms with van der Waals surface area (Å²) in [5.41, 5.74) is -0.949. The number of anilines is 2. The summed E-state index contributed by atoms with van der Waals surface area (Å²) in [6, 6.07) is 3.07. The van der Waals surface area contributed by atoms with Crippen LogP contribution in [-0.2, 0) is 18.9 Å². The van der Waals surface area contributed by atoms with Crippen LogP contribution in [0.2, 0.25) is 0 Å². The second-order valence-electron chi connectivity index (χ2n) is 7.09. The fraction of sp³-hybridized carbons (Fsp3) is 0.389. The van der Waals surface area contributed by atoms with Gasteiger partial charge in [-0.05, 0) is 12.8 Å². The van der Waals surface area contributed by atoms with Crippen LogP contribution in [-0.4, -0.2) is 52.9 Å². The SMILES string of the molecule is Cn1c(NC(=O)C2CCN(c3cc(-n4cncn4)ncn3)CC2)cc(=O)n(C)c1=O. The molecular formula is C18H21N9O3. The van der Waals surface area contributed by atoms with Gasteiger partial charge in [-0.2, -0.15) is 5.10 Å². The van der Waals surface area contributed by atoms with E-state index in [2.05, 4.69) is 30.3 Å². The maximum atomic E-state index is 12.7. The Bertz CT molecular complexity index is 1170. The van der Waals surface area contributed by atoms with E-state index in [0.717, 1.165) is 10.4 Å². The van der Waals surface area contributed by atoms with E-state index in [1.165, 1.54) is 37.4 Å². The lowest BCUT2D eigenvalue weighted by molar-refractivity contribution is -0.120. The number of amides is 1. The number of piperidine rings is 1. The highest BCUT2D eigenvalue weighted by Crippen LogP contribution is 2.23. The largest absolute Gasteiger partial charge is 0.356 e. The van der Waals surface area contributed by atoms with Crippen LogP contribution in [0.1, 0.15) is 12.8 Å². The monoisotopic (exact) mass is 411 g/mol. The number of nitrogens with zero attached hydrogens (tertiary/aromatic N) is 8. The van der Waals surface area contributed by atoms with Crippen LogP contribution >= 0.6 is 0 Å². The van der Waals surface area contributed by atoms with Gasteiger partial charge in [0.1, 0.15) is 30.6 Å². The van der Waals surface area contributed by atoms with Crippen LogP contribution in [0.3, 0.4) is 0 Å². The van der Waals surface area contributed by atoms with E-state index in [0.29, 0.717) is 31.7 Å². The zero-order valence-corrected chi connectivity index (χ0v) is 16.6. The lowest BCUT2D eigenvalue weighted by Crippen LogP contribution is -2.41. The predicted molar refractivity (Wildman–Crippen MR) is 107 cm³/mol. The fourth-order valence-corrected chi connectivity index (χ4v) is 3.41. The van der Waals surface area contributed by atoms with Crippen molar-refractivity contribution in [1.29, 1.82) is 0 Å². The van der Waals surface area contributed by atoms with Gasteiger partial charge in [-0.1, -0.05) is 0 Å². The summed E-state index contributed by atoms with van der Waals surface area (Å²) in [6.45, 7) is 1.28. The van der Waals surface area contributed by atoms with Gasteiger partial charge >= 0.3 is 5.69 Å². The van der Waals surface area contributed by atoms with Gasteiger partial charge in [0.25, 0.3) is 5.56 Å². The molecule has 4 rings (SSSR count). The fourth-order valence-electron chi connectivity index (χ4n) is 3.41. The van der Waals surface area contributed by atoms with Gasteiger partial charge in [-0.15, -0.1) is 0 Å². The summed E-state index contributed by atoms with van der Waals surface area (Å²) in [6.07, 6.45) is 5.71. The molecule has 1 fully saturated rings. The second-order valence-corrected chi connectivity index (χ2v) is 7.09. The molecule has 3 aromatic heterocycles. The molecule has 0 bridgehead atoms. The lowest BCUT2D eigenvalue weighted by atomic mass is 9.96. The van der Waals surface area contributed by atoms with Gasteiger partial charge in [0.05, 0.1) is 0 Å². The minimum atomic E-state index is -0.487. The number of rotatable bonds is 4. The summed E-state index contributed by atoms with van der Waals surface area (Å²) in [7, 11) is 2.91. The third kappa shape index (κ3) is 3.71. The molecule has 0 atom stereocenters. The Hall–Kier alpha value is -3.83. The number of carbonyl (C=O) groups excluding carboxylic acids is 1. The first kappa shape index (κ1) is 19.5. The third-order valence-electron chi connectivity index (χ3n) is 5.26. The molecular weight excluding hydrogens is 390 g/mol. The van der Waals surface area contributed by atoms with Crippen LogP contribution in [0.5, 0.6) is 0 Å². The minimum absolute atomic E-state index is 0.198. The van der Waals surface area contributed by atoms with E-state index in [4.69, 9.17) is 0 Å². The Balaban J connectivity index is 1.42. The molecule has 156 valence electrons. The maximum absolute atomic E-state index is 12.7. The Morgan fingerprint density at radius 3 is 2.47 bits per heavy atom.